The summed E-state index contributed by atoms with van der Waals surface area (Å²) in [5.74, 6) is 1.30. The number of ether oxygens (including phenoxy) is 1. The summed E-state index contributed by atoms with van der Waals surface area (Å²) in [5, 5.41) is 0. The molecule has 0 radical (unpaired) electrons. The Hall–Kier alpha value is -1.60. The highest BCUT2D eigenvalue weighted by Crippen LogP contribution is 2.43. The predicted octanol–water partition coefficient (Wildman–Crippen LogP) is 5.02. The zero-order valence-electron chi connectivity index (χ0n) is 20.8. The maximum absolute atomic E-state index is 13.9. The fraction of sp³-hybridized carbons (Fsp3) is 0.692. The number of rotatable bonds is 10. The van der Waals surface area contributed by atoms with Crippen molar-refractivity contribution in [1.82, 2.24) is 9.80 Å². The van der Waals surface area contributed by atoms with Crippen LogP contribution in [0.5, 0.6) is 0 Å². The summed E-state index contributed by atoms with van der Waals surface area (Å²) in [7, 11) is 5.65. The van der Waals surface area contributed by atoms with Gasteiger partial charge in [0.2, 0.25) is 0 Å². The van der Waals surface area contributed by atoms with Crippen molar-refractivity contribution in [2.75, 3.05) is 39.8 Å². The average Bonchev–Trinajstić information content (AvgIpc) is 3.13. The molecule has 1 aromatic rings. The molecule has 1 saturated carbocycles. The Bertz CT molecular complexity index is 812. The molecule has 0 N–H and O–H groups in total. The maximum Gasteiger partial charge on any atom is 0.336 e. The summed E-state index contributed by atoms with van der Waals surface area (Å²) in [4.78, 5) is 22.2. The lowest BCUT2D eigenvalue weighted by atomic mass is 9.73. The molecule has 3 atom stereocenters. The lowest BCUT2D eigenvalue weighted by Crippen LogP contribution is -2.54. The van der Waals surface area contributed by atoms with Gasteiger partial charge in [-0.25, -0.2) is 9.18 Å². The van der Waals surface area contributed by atoms with E-state index in [-0.39, 0.29) is 23.9 Å². The van der Waals surface area contributed by atoms with E-state index in [0.29, 0.717) is 17.6 Å². The molecule has 33 heavy (non-hydrogen) atoms. The minimum atomic E-state index is -0.812. The molecule has 1 aliphatic carbocycles. The summed E-state index contributed by atoms with van der Waals surface area (Å²) >= 11 is 1.66. The number of aliphatic imine (C=N–C) groups is 1. The SMILES string of the molecule is CCCN1C=NC(CSC)(C(=O)OC)C1CC1CCC(C(c2cccc(F)c2)N(C)C)CC1. The fourth-order valence-corrected chi connectivity index (χ4v) is 6.76. The standard InChI is InChI=1S/C26H40FN3O2S/c1-6-14-30-18-28-26(17-33-5,25(31)32-4)23(30)15-19-10-12-20(13-11-19)24(29(2)3)21-8-7-9-22(27)16-21/h7-9,16,18-20,23-24H,6,10-15,17H2,1-5H3. The number of esters is 1. The third-order valence-corrected chi connectivity index (χ3v) is 8.14. The van der Waals surface area contributed by atoms with Crippen molar-refractivity contribution >= 4 is 24.1 Å². The van der Waals surface area contributed by atoms with E-state index in [1.165, 1.54) is 13.2 Å². The fourth-order valence-electron chi connectivity index (χ4n) is 5.94. The molecule has 3 rings (SSSR count). The van der Waals surface area contributed by atoms with Gasteiger partial charge in [0.15, 0.2) is 5.54 Å². The summed E-state index contributed by atoms with van der Waals surface area (Å²) < 4.78 is 19.1. The van der Waals surface area contributed by atoms with Gasteiger partial charge in [0, 0.05) is 18.3 Å². The van der Waals surface area contributed by atoms with Gasteiger partial charge in [-0.15, -0.1) is 0 Å². The lowest BCUT2D eigenvalue weighted by molar-refractivity contribution is -0.147. The number of thioether (sulfide) groups is 1. The van der Waals surface area contributed by atoms with Gasteiger partial charge in [-0.1, -0.05) is 31.9 Å². The number of hydrogen-bond acceptors (Lipinski definition) is 6. The summed E-state index contributed by atoms with van der Waals surface area (Å²) in [6.45, 7) is 3.07. The monoisotopic (exact) mass is 477 g/mol. The van der Waals surface area contributed by atoms with Gasteiger partial charge >= 0.3 is 5.97 Å². The van der Waals surface area contributed by atoms with Gasteiger partial charge in [0.25, 0.3) is 0 Å². The highest BCUT2D eigenvalue weighted by Gasteiger charge is 2.52. The Kier molecular flexibility index (Phi) is 9.22. The molecule has 1 fully saturated rings. The molecule has 3 unspecified atom stereocenters. The second kappa shape index (κ2) is 11.7. The maximum atomic E-state index is 13.9. The van der Waals surface area contributed by atoms with Crippen molar-refractivity contribution in [3.8, 4) is 0 Å². The first-order valence-corrected chi connectivity index (χ1v) is 13.6. The summed E-state index contributed by atoms with van der Waals surface area (Å²) in [6.07, 6.45) is 10.4. The van der Waals surface area contributed by atoms with E-state index in [4.69, 9.17) is 9.73 Å². The molecule has 2 aliphatic rings. The Labute approximate surface area is 203 Å². The smallest absolute Gasteiger partial charge is 0.336 e. The zero-order valence-corrected chi connectivity index (χ0v) is 21.6. The third-order valence-electron chi connectivity index (χ3n) is 7.41. The summed E-state index contributed by atoms with van der Waals surface area (Å²) in [5.41, 5.74) is 0.250. The molecule has 1 aromatic carbocycles. The van der Waals surface area contributed by atoms with Crippen molar-refractivity contribution < 1.29 is 13.9 Å². The summed E-state index contributed by atoms with van der Waals surface area (Å²) in [6, 6.07) is 7.33. The Morgan fingerprint density at radius 2 is 2.06 bits per heavy atom. The van der Waals surface area contributed by atoms with Crippen LogP contribution < -0.4 is 0 Å². The molecule has 1 aliphatic heterocycles. The molecule has 1 heterocycles. The molecule has 0 saturated heterocycles. The molecule has 5 nitrogen and oxygen atoms in total. The van der Waals surface area contributed by atoms with Crippen LogP contribution in [0.1, 0.15) is 57.1 Å². The minimum absolute atomic E-state index is 0.0479. The van der Waals surface area contributed by atoms with E-state index in [0.717, 1.165) is 50.6 Å². The van der Waals surface area contributed by atoms with E-state index < -0.39 is 5.54 Å². The van der Waals surface area contributed by atoms with E-state index in [9.17, 15) is 9.18 Å². The molecular formula is C26H40FN3O2S. The molecule has 0 bridgehead atoms. The van der Waals surface area contributed by atoms with E-state index in [1.807, 2.05) is 24.7 Å². The topological polar surface area (TPSA) is 45.1 Å². The van der Waals surface area contributed by atoms with E-state index in [1.54, 1.807) is 17.8 Å². The average molecular weight is 478 g/mol. The molecule has 7 heteroatoms. The highest BCUT2D eigenvalue weighted by molar-refractivity contribution is 7.98. The normalized spacial score (nSPS) is 28.3. The quantitative estimate of drug-likeness (QED) is 0.443. The first-order chi connectivity index (χ1) is 15.9. The molecule has 0 amide bonds. The van der Waals surface area contributed by atoms with Crippen molar-refractivity contribution in [2.45, 2.75) is 63.1 Å². The van der Waals surface area contributed by atoms with Crippen molar-refractivity contribution in [2.24, 2.45) is 16.8 Å². The number of benzene rings is 1. The van der Waals surface area contributed by atoms with Gasteiger partial charge in [0.1, 0.15) is 5.82 Å². The zero-order chi connectivity index (χ0) is 24.0. The predicted molar refractivity (Wildman–Crippen MR) is 135 cm³/mol. The van der Waals surface area contributed by atoms with Crippen molar-refractivity contribution in [1.29, 1.82) is 0 Å². The van der Waals surface area contributed by atoms with Crippen LogP contribution in [0.15, 0.2) is 29.3 Å². The molecule has 0 spiro atoms. The lowest BCUT2D eigenvalue weighted by Gasteiger charge is -2.41. The van der Waals surface area contributed by atoms with E-state index in [2.05, 4.69) is 30.8 Å². The Morgan fingerprint density at radius 3 is 2.64 bits per heavy atom. The molecular weight excluding hydrogens is 437 g/mol. The van der Waals surface area contributed by atoms with Crippen LogP contribution in [0.2, 0.25) is 0 Å². The van der Waals surface area contributed by atoms with Gasteiger partial charge in [-0.3, -0.25) is 4.99 Å². The largest absolute Gasteiger partial charge is 0.467 e. The number of hydrogen-bond donors (Lipinski definition) is 0. The minimum Gasteiger partial charge on any atom is -0.467 e. The number of carbonyl (C=O) groups excluding carboxylic acids is 1. The molecule has 184 valence electrons. The van der Waals surface area contributed by atoms with Crippen LogP contribution in [-0.2, 0) is 9.53 Å². The Morgan fingerprint density at radius 1 is 1.33 bits per heavy atom. The number of methoxy groups -OCH3 is 1. The van der Waals surface area contributed by atoms with Crippen LogP contribution in [0, 0.1) is 17.7 Å². The number of nitrogens with zero attached hydrogens (tertiary/aromatic N) is 3. The highest BCUT2D eigenvalue weighted by atomic mass is 32.2. The number of halogens is 1. The first kappa shape index (κ1) is 26.0. The Balaban J connectivity index is 1.72. The van der Waals surface area contributed by atoms with Crippen molar-refractivity contribution in [3.63, 3.8) is 0 Å². The third kappa shape index (κ3) is 5.73. The second-order valence-electron chi connectivity index (χ2n) is 9.83. The van der Waals surface area contributed by atoms with Crippen LogP contribution in [0.4, 0.5) is 4.39 Å². The van der Waals surface area contributed by atoms with Crippen molar-refractivity contribution in [3.05, 3.63) is 35.6 Å². The first-order valence-electron chi connectivity index (χ1n) is 12.2. The van der Waals surface area contributed by atoms with Gasteiger partial charge in [-0.2, -0.15) is 11.8 Å². The van der Waals surface area contributed by atoms with Crippen LogP contribution in [-0.4, -0.2) is 73.4 Å². The molecule has 0 aromatic heterocycles. The van der Waals surface area contributed by atoms with Crippen LogP contribution >= 0.6 is 11.8 Å². The van der Waals surface area contributed by atoms with Gasteiger partial charge < -0.3 is 14.5 Å². The second-order valence-corrected chi connectivity index (χ2v) is 10.7. The van der Waals surface area contributed by atoms with Gasteiger partial charge in [0.05, 0.1) is 19.5 Å². The van der Waals surface area contributed by atoms with Crippen LogP contribution in [0.3, 0.4) is 0 Å². The number of carbonyl (C=O) groups is 1. The van der Waals surface area contributed by atoms with Gasteiger partial charge in [-0.05, 0) is 75.6 Å². The van der Waals surface area contributed by atoms with Crippen LogP contribution in [0.25, 0.3) is 0 Å². The van der Waals surface area contributed by atoms with E-state index >= 15 is 0 Å².